The Morgan fingerprint density at radius 1 is 1.13 bits per heavy atom. The Bertz CT molecular complexity index is 1550. The van der Waals surface area contributed by atoms with Crippen LogP contribution >= 0.6 is 0 Å². The largest absolute Gasteiger partial charge is 0.418 e. The molecule has 0 unspecified atom stereocenters. The van der Waals surface area contributed by atoms with Gasteiger partial charge in [0.1, 0.15) is 18.1 Å². The van der Waals surface area contributed by atoms with Crippen molar-refractivity contribution < 1.29 is 22.7 Å². The normalized spacial score (nSPS) is 14.6. The molecule has 0 atom stereocenters. The molecule has 0 saturated heterocycles. The van der Waals surface area contributed by atoms with E-state index in [0.29, 0.717) is 29.3 Å². The number of hydrogen-bond donors (Lipinski definition) is 1. The fourth-order valence-electron chi connectivity index (χ4n) is 4.70. The highest BCUT2D eigenvalue weighted by atomic mass is 19.4. The lowest BCUT2D eigenvalue weighted by molar-refractivity contribution is -0.137. The Kier molecular flexibility index (Phi) is 6.26. The van der Waals surface area contributed by atoms with Crippen LogP contribution in [0.25, 0.3) is 22.4 Å². The lowest BCUT2D eigenvalue weighted by Gasteiger charge is -2.19. The molecule has 1 aromatic carbocycles. The van der Waals surface area contributed by atoms with Gasteiger partial charge < -0.3 is 15.0 Å². The molecule has 1 aliphatic rings. The van der Waals surface area contributed by atoms with E-state index < -0.39 is 11.7 Å². The van der Waals surface area contributed by atoms with Gasteiger partial charge in [0.2, 0.25) is 5.91 Å². The number of aromatic nitrogens is 4. The van der Waals surface area contributed by atoms with Crippen LogP contribution in [0.1, 0.15) is 37.7 Å². The molecule has 0 saturated carbocycles. The van der Waals surface area contributed by atoms with Crippen LogP contribution in [0.3, 0.4) is 0 Å². The van der Waals surface area contributed by atoms with Crippen molar-refractivity contribution in [3.63, 3.8) is 0 Å². The van der Waals surface area contributed by atoms with Crippen molar-refractivity contribution in [3.8, 4) is 11.4 Å². The first-order chi connectivity index (χ1) is 18.0. The van der Waals surface area contributed by atoms with Crippen LogP contribution < -0.4 is 10.2 Å². The highest BCUT2D eigenvalue weighted by Crippen LogP contribution is 2.42. The molecule has 11 heteroatoms. The number of carbonyl (C=O) groups excluding carboxylic acids is 1. The minimum absolute atomic E-state index is 0.0373. The number of carbonyl (C=O) groups is 1. The molecule has 1 aliphatic heterocycles. The van der Waals surface area contributed by atoms with Crippen LogP contribution in [0.15, 0.2) is 48.7 Å². The molecule has 4 heterocycles. The predicted octanol–water partition coefficient (Wildman–Crippen LogP) is 5.64. The molecular weight excluding hydrogens is 497 g/mol. The van der Waals surface area contributed by atoms with Crippen molar-refractivity contribution in [1.82, 2.24) is 19.9 Å². The Labute approximate surface area is 216 Å². The van der Waals surface area contributed by atoms with E-state index in [9.17, 15) is 18.0 Å². The fourth-order valence-corrected chi connectivity index (χ4v) is 4.70. The molecule has 0 bridgehead atoms. The van der Waals surface area contributed by atoms with Crippen molar-refractivity contribution in [2.24, 2.45) is 0 Å². The van der Waals surface area contributed by atoms with Gasteiger partial charge in [-0.25, -0.2) is 15.0 Å². The molecule has 3 aromatic heterocycles. The molecule has 196 valence electrons. The molecule has 8 nitrogen and oxygen atoms in total. The number of ether oxygens (including phenoxy) is 1. The first kappa shape index (κ1) is 25.5. The summed E-state index contributed by atoms with van der Waals surface area (Å²) in [5.74, 6) is 0.662. The summed E-state index contributed by atoms with van der Waals surface area (Å²) in [6.07, 6.45) is -3.30. The third-order valence-electron chi connectivity index (χ3n) is 6.45. The van der Waals surface area contributed by atoms with Crippen LogP contribution in [-0.2, 0) is 27.7 Å². The second-order valence-corrected chi connectivity index (χ2v) is 9.73. The van der Waals surface area contributed by atoms with Crippen molar-refractivity contribution >= 4 is 34.1 Å². The predicted molar refractivity (Wildman–Crippen MR) is 137 cm³/mol. The fraction of sp³-hybridized carbons (Fsp3) is 0.296. The van der Waals surface area contributed by atoms with Crippen LogP contribution in [0.5, 0.6) is 0 Å². The molecule has 38 heavy (non-hydrogen) atoms. The Balaban J connectivity index is 1.59. The average Bonchev–Trinajstić information content (AvgIpc) is 3.14. The summed E-state index contributed by atoms with van der Waals surface area (Å²) in [6.45, 7) is 6.37. The molecule has 0 radical (unpaired) electrons. The number of amides is 1. The highest BCUT2D eigenvalue weighted by Gasteiger charge is 2.37. The van der Waals surface area contributed by atoms with Gasteiger partial charge in [-0.05, 0) is 42.0 Å². The minimum Gasteiger partial charge on any atom is -0.377 e. The standard InChI is InChI=1S/C27H25F3N6O2/c1-15(37)36-14-26(2,3)18-9-7-16(12-21(18)36)32-24-17-8-10-20(33-25(17)35-22(34-24)13-38-4)23-19(27(28,29)30)6-5-11-31-23/h5-12H,13-14H2,1-4H3,(H,32,33,34,35). The molecule has 0 fully saturated rings. The van der Waals surface area contributed by atoms with Gasteiger partial charge in [0.25, 0.3) is 0 Å². The van der Waals surface area contributed by atoms with E-state index in [1.165, 1.54) is 32.4 Å². The lowest BCUT2D eigenvalue weighted by atomic mass is 9.87. The maximum atomic E-state index is 13.6. The third kappa shape index (κ3) is 4.65. The second-order valence-electron chi connectivity index (χ2n) is 9.73. The first-order valence-electron chi connectivity index (χ1n) is 11.9. The number of halogens is 3. The molecule has 4 aromatic rings. The van der Waals surface area contributed by atoms with Gasteiger partial charge in [0.15, 0.2) is 11.5 Å². The zero-order valence-electron chi connectivity index (χ0n) is 21.2. The summed E-state index contributed by atoms with van der Waals surface area (Å²) in [5, 5.41) is 3.78. The molecule has 5 rings (SSSR count). The zero-order chi connectivity index (χ0) is 27.2. The Morgan fingerprint density at radius 3 is 2.63 bits per heavy atom. The number of pyridine rings is 2. The quantitative estimate of drug-likeness (QED) is 0.363. The van der Waals surface area contributed by atoms with E-state index >= 15 is 0 Å². The van der Waals surface area contributed by atoms with E-state index in [1.807, 2.05) is 18.2 Å². The number of anilines is 3. The van der Waals surface area contributed by atoms with Crippen LogP contribution in [0, 0.1) is 0 Å². The summed E-state index contributed by atoms with van der Waals surface area (Å²) < 4.78 is 46.0. The lowest BCUT2D eigenvalue weighted by Crippen LogP contribution is -2.31. The van der Waals surface area contributed by atoms with Crippen LogP contribution in [-0.4, -0.2) is 39.5 Å². The Morgan fingerprint density at radius 2 is 1.92 bits per heavy atom. The van der Waals surface area contributed by atoms with Crippen molar-refractivity contribution in [2.45, 2.75) is 39.0 Å². The number of nitrogens with one attached hydrogen (secondary N) is 1. The Hall–Kier alpha value is -4.12. The minimum atomic E-state index is -4.59. The number of alkyl halides is 3. The second kappa shape index (κ2) is 9.32. The van der Waals surface area contributed by atoms with Crippen LogP contribution in [0.4, 0.5) is 30.4 Å². The molecule has 1 N–H and O–H groups in total. The number of benzene rings is 1. The zero-order valence-corrected chi connectivity index (χ0v) is 21.2. The van der Waals surface area contributed by atoms with Crippen molar-refractivity contribution in [3.05, 3.63) is 65.6 Å². The third-order valence-corrected chi connectivity index (χ3v) is 6.45. The summed E-state index contributed by atoms with van der Waals surface area (Å²) in [4.78, 5) is 31.3. The van der Waals surface area contributed by atoms with E-state index in [-0.39, 0.29) is 35.0 Å². The number of hydrogen-bond acceptors (Lipinski definition) is 7. The number of methoxy groups -OCH3 is 1. The van der Waals surface area contributed by atoms with Crippen LogP contribution in [0.2, 0.25) is 0 Å². The number of nitrogens with zero attached hydrogens (tertiary/aromatic N) is 5. The highest BCUT2D eigenvalue weighted by molar-refractivity contribution is 5.96. The average molecular weight is 523 g/mol. The van der Waals surface area contributed by atoms with E-state index in [4.69, 9.17) is 4.74 Å². The van der Waals surface area contributed by atoms with Gasteiger partial charge in [-0.3, -0.25) is 9.78 Å². The molecule has 0 spiro atoms. The summed E-state index contributed by atoms with van der Waals surface area (Å²) >= 11 is 0. The van der Waals surface area contributed by atoms with Gasteiger partial charge in [0.05, 0.1) is 16.6 Å². The molecule has 1 amide bonds. The van der Waals surface area contributed by atoms with E-state index in [0.717, 1.165) is 17.3 Å². The first-order valence-corrected chi connectivity index (χ1v) is 11.9. The maximum absolute atomic E-state index is 13.6. The summed E-state index contributed by atoms with van der Waals surface area (Å²) in [7, 11) is 1.49. The van der Waals surface area contributed by atoms with Gasteiger partial charge in [0, 0.05) is 43.6 Å². The molecular formula is C27H25F3N6O2. The number of rotatable bonds is 5. The van der Waals surface area contributed by atoms with Gasteiger partial charge in [-0.15, -0.1) is 0 Å². The topological polar surface area (TPSA) is 93.1 Å². The van der Waals surface area contributed by atoms with Crippen molar-refractivity contribution in [1.29, 1.82) is 0 Å². The van der Waals surface area contributed by atoms with Gasteiger partial charge >= 0.3 is 6.18 Å². The monoisotopic (exact) mass is 522 g/mol. The summed E-state index contributed by atoms with van der Waals surface area (Å²) in [5.41, 5.74) is 1.44. The van der Waals surface area contributed by atoms with E-state index in [1.54, 1.807) is 11.0 Å². The van der Waals surface area contributed by atoms with Crippen molar-refractivity contribution in [2.75, 3.05) is 23.9 Å². The van der Waals surface area contributed by atoms with Gasteiger partial charge in [-0.1, -0.05) is 19.9 Å². The summed E-state index contributed by atoms with van der Waals surface area (Å²) in [6, 6.07) is 11.1. The van der Waals surface area contributed by atoms with Gasteiger partial charge in [-0.2, -0.15) is 13.2 Å². The number of fused-ring (bicyclic) bond motifs is 2. The maximum Gasteiger partial charge on any atom is 0.418 e. The molecule has 0 aliphatic carbocycles. The SMILES string of the molecule is COCc1nc(Nc2ccc3c(c2)N(C(C)=O)CC3(C)C)c2ccc(-c3ncccc3C(F)(F)F)nc2n1. The van der Waals surface area contributed by atoms with E-state index in [2.05, 4.69) is 39.1 Å². The smallest absolute Gasteiger partial charge is 0.377 e.